The minimum Gasteiger partial charge on any atom is -0.457 e. The number of aryl methyl sites for hydroxylation is 1. The lowest BCUT2D eigenvalue weighted by Crippen LogP contribution is -2.17. The van der Waals surface area contributed by atoms with Crippen LogP contribution >= 0.6 is 0 Å². The lowest BCUT2D eigenvalue weighted by atomic mass is 9.82. The van der Waals surface area contributed by atoms with Gasteiger partial charge in [-0.05, 0) is 83.3 Å². The monoisotopic (exact) mass is 465 g/mol. The minimum atomic E-state index is -3.71. The molecule has 0 bridgehead atoms. The number of anilines is 1. The van der Waals surface area contributed by atoms with Crippen molar-refractivity contribution in [3.8, 4) is 11.5 Å². The van der Waals surface area contributed by atoms with Crippen molar-refractivity contribution in [2.24, 2.45) is 0 Å². The van der Waals surface area contributed by atoms with Crippen molar-refractivity contribution in [3.05, 3.63) is 83.4 Å². The maximum absolute atomic E-state index is 13.1. The summed E-state index contributed by atoms with van der Waals surface area (Å²) in [5, 5.41) is 0. The molecule has 1 N–H and O–H groups in total. The third-order valence-electron chi connectivity index (χ3n) is 6.21. The number of nitrogens with one attached hydrogen (secondary N) is 1. The van der Waals surface area contributed by atoms with Gasteiger partial charge in [-0.25, -0.2) is 8.42 Å². The second-order valence-electron chi connectivity index (χ2n) is 10.2. The molecule has 3 aromatic rings. The van der Waals surface area contributed by atoms with Gasteiger partial charge in [0.1, 0.15) is 11.5 Å². The van der Waals surface area contributed by atoms with Gasteiger partial charge in [0, 0.05) is 5.69 Å². The Hall–Kier alpha value is -2.79. The van der Waals surface area contributed by atoms with E-state index in [9.17, 15) is 8.42 Å². The predicted molar refractivity (Wildman–Crippen MR) is 137 cm³/mol. The molecule has 0 radical (unpaired) electrons. The molecule has 5 heteroatoms. The predicted octanol–water partition coefficient (Wildman–Crippen LogP) is 7.57. The summed E-state index contributed by atoms with van der Waals surface area (Å²) in [4.78, 5) is 0.297. The Balaban J connectivity index is 1.74. The fourth-order valence-electron chi connectivity index (χ4n) is 3.47. The van der Waals surface area contributed by atoms with Gasteiger partial charge in [-0.1, -0.05) is 65.8 Å². The van der Waals surface area contributed by atoms with E-state index in [0.717, 1.165) is 17.7 Å². The largest absolute Gasteiger partial charge is 0.457 e. The Bertz CT molecular complexity index is 1200. The molecule has 176 valence electrons. The molecule has 0 saturated carbocycles. The molecule has 0 aromatic heterocycles. The molecule has 3 aromatic carbocycles. The molecular weight excluding hydrogens is 430 g/mol. The quantitative estimate of drug-likeness (QED) is 0.391. The molecule has 0 atom stereocenters. The highest BCUT2D eigenvalue weighted by atomic mass is 32.2. The lowest BCUT2D eigenvalue weighted by Gasteiger charge is -2.23. The molecule has 0 fully saturated rings. The zero-order chi connectivity index (χ0) is 24.4. The van der Waals surface area contributed by atoms with E-state index >= 15 is 0 Å². The average Bonchev–Trinajstić information content (AvgIpc) is 2.74. The van der Waals surface area contributed by atoms with Crippen LogP contribution in [0.4, 0.5) is 5.69 Å². The van der Waals surface area contributed by atoms with Crippen molar-refractivity contribution in [1.29, 1.82) is 0 Å². The summed E-state index contributed by atoms with van der Waals surface area (Å²) in [6, 6.07) is 20.7. The Morgan fingerprint density at radius 2 is 1.30 bits per heavy atom. The van der Waals surface area contributed by atoms with E-state index < -0.39 is 10.0 Å². The molecule has 0 aliphatic rings. The standard InChI is InChI=1S/C28H35NO3S/c1-8-28(6,7)21-11-15-24(16-12-21)32-25-17-13-23(14-18-25)29-33(30,31)26-19-22(27(3,4)5)10-9-20(26)2/h9-19,29H,8H2,1-7H3. The normalized spacial score (nSPS) is 12.5. The Morgan fingerprint density at radius 3 is 1.82 bits per heavy atom. The first-order chi connectivity index (χ1) is 15.3. The van der Waals surface area contributed by atoms with Crippen molar-refractivity contribution >= 4 is 15.7 Å². The second kappa shape index (κ2) is 9.22. The fraction of sp³-hybridized carbons (Fsp3) is 0.357. The van der Waals surface area contributed by atoms with E-state index in [1.54, 1.807) is 30.3 Å². The van der Waals surface area contributed by atoms with Crippen molar-refractivity contribution in [2.45, 2.75) is 70.6 Å². The van der Waals surface area contributed by atoms with Crippen LogP contribution in [0.1, 0.15) is 64.7 Å². The molecular formula is C28H35NO3S. The molecule has 0 aliphatic heterocycles. The van der Waals surface area contributed by atoms with Crippen LogP contribution in [0.25, 0.3) is 0 Å². The molecule has 0 saturated heterocycles. The number of ether oxygens (including phenoxy) is 1. The van der Waals surface area contributed by atoms with E-state index in [0.29, 0.717) is 21.9 Å². The summed E-state index contributed by atoms with van der Waals surface area (Å²) < 4.78 is 34.8. The Morgan fingerprint density at radius 1 is 0.788 bits per heavy atom. The smallest absolute Gasteiger partial charge is 0.262 e. The fourth-order valence-corrected chi connectivity index (χ4v) is 4.80. The first kappa shape index (κ1) is 24.8. The first-order valence-electron chi connectivity index (χ1n) is 11.3. The van der Waals surface area contributed by atoms with Crippen molar-refractivity contribution in [3.63, 3.8) is 0 Å². The van der Waals surface area contributed by atoms with Gasteiger partial charge in [0.15, 0.2) is 0 Å². The number of rotatable bonds is 7. The van der Waals surface area contributed by atoms with Crippen LogP contribution in [-0.2, 0) is 20.9 Å². The van der Waals surface area contributed by atoms with Gasteiger partial charge < -0.3 is 4.74 Å². The summed E-state index contributed by atoms with van der Waals surface area (Å²) in [6.07, 6.45) is 1.06. The van der Waals surface area contributed by atoms with E-state index in [1.165, 1.54) is 5.56 Å². The van der Waals surface area contributed by atoms with Gasteiger partial charge in [0.25, 0.3) is 10.0 Å². The molecule has 0 heterocycles. The van der Waals surface area contributed by atoms with Gasteiger partial charge in [-0.2, -0.15) is 0 Å². The topological polar surface area (TPSA) is 55.4 Å². The van der Waals surface area contributed by atoms with Crippen LogP contribution in [0.5, 0.6) is 11.5 Å². The van der Waals surface area contributed by atoms with Gasteiger partial charge in [0.2, 0.25) is 0 Å². The van der Waals surface area contributed by atoms with Gasteiger partial charge >= 0.3 is 0 Å². The Labute approximate surface area is 199 Å². The van der Waals surface area contributed by atoms with E-state index in [-0.39, 0.29) is 10.8 Å². The van der Waals surface area contributed by atoms with Crippen molar-refractivity contribution in [2.75, 3.05) is 4.72 Å². The summed E-state index contributed by atoms with van der Waals surface area (Å²) >= 11 is 0. The summed E-state index contributed by atoms with van der Waals surface area (Å²) in [6.45, 7) is 14.6. The lowest BCUT2D eigenvalue weighted by molar-refractivity contribution is 0.478. The summed E-state index contributed by atoms with van der Waals surface area (Å²) in [5.41, 5.74) is 3.44. The van der Waals surface area contributed by atoms with Gasteiger partial charge in [-0.3, -0.25) is 4.72 Å². The second-order valence-corrected chi connectivity index (χ2v) is 11.9. The summed E-state index contributed by atoms with van der Waals surface area (Å²) in [7, 11) is -3.71. The maximum atomic E-state index is 13.1. The summed E-state index contributed by atoms with van der Waals surface area (Å²) in [5.74, 6) is 1.39. The van der Waals surface area contributed by atoms with Crippen molar-refractivity contribution in [1.82, 2.24) is 0 Å². The van der Waals surface area contributed by atoms with Crippen LogP contribution in [0, 0.1) is 6.92 Å². The highest BCUT2D eigenvalue weighted by molar-refractivity contribution is 7.92. The van der Waals surface area contributed by atoms with E-state index in [2.05, 4.69) is 58.4 Å². The molecule has 0 unspecified atom stereocenters. The average molecular weight is 466 g/mol. The first-order valence-corrected chi connectivity index (χ1v) is 12.8. The van der Waals surface area contributed by atoms with Crippen LogP contribution in [-0.4, -0.2) is 8.42 Å². The van der Waals surface area contributed by atoms with Crippen LogP contribution in [0.15, 0.2) is 71.6 Å². The van der Waals surface area contributed by atoms with Crippen LogP contribution < -0.4 is 9.46 Å². The highest BCUT2D eigenvalue weighted by Crippen LogP contribution is 2.31. The van der Waals surface area contributed by atoms with Crippen molar-refractivity contribution < 1.29 is 13.2 Å². The molecule has 0 aliphatic carbocycles. The molecule has 0 spiro atoms. The van der Waals surface area contributed by atoms with E-state index in [1.807, 2.05) is 31.2 Å². The van der Waals surface area contributed by atoms with Gasteiger partial charge in [0.05, 0.1) is 4.90 Å². The van der Waals surface area contributed by atoms with Crippen LogP contribution in [0.3, 0.4) is 0 Å². The molecule has 33 heavy (non-hydrogen) atoms. The number of hydrogen-bond donors (Lipinski definition) is 1. The zero-order valence-electron chi connectivity index (χ0n) is 20.7. The molecule has 0 amide bonds. The number of sulfonamides is 1. The number of hydrogen-bond acceptors (Lipinski definition) is 3. The molecule has 3 rings (SSSR count). The maximum Gasteiger partial charge on any atom is 0.262 e. The highest BCUT2D eigenvalue weighted by Gasteiger charge is 2.22. The molecule has 4 nitrogen and oxygen atoms in total. The third kappa shape index (κ3) is 5.97. The minimum absolute atomic E-state index is 0.127. The van der Waals surface area contributed by atoms with E-state index in [4.69, 9.17) is 4.74 Å². The van der Waals surface area contributed by atoms with Gasteiger partial charge in [-0.15, -0.1) is 0 Å². The number of benzene rings is 3. The third-order valence-corrected chi connectivity index (χ3v) is 7.73. The van der Waals surface area contributed by atoms with Crippen LogP contribution in [0.2, 0.25) is 0 Å². The Kier molecular flexibility index (Phi) is 6.94. The zero-order valence-corrected chi connectivity index (χ0v) is 21.5. The SMILES string of the molecule is CCC(C)(C)c1ccc(Oc2ccc(NS(=O)(=O)c3cc(C(C)(C)C)ccc3C)cc2)cc1.